The minimum absolute atomic E-state index is 0.0962. The van der Waals surface area contributed by atoms with E-state index in [1.165, 1.54) is 18.0 Å². The Hall–Kier alpha value is -1.50. The molecule has 0 bridgehead atoms. The topological polar surface area (TPSA) is 49.4 Å². The summed E-state index contributed by atoms with van der Waals surface area (Å²) in [5.74, 6) is -2.99. The number of halogens is 3. The lowest BCUT2D eigenvalue weighted by molar-refractivity contribution is -0.150. The molecule has 0 aromatic heterocycles. The standard InChI is InChI=1S/C12H11BrF2N2O2/c1-12(5-17(2)11(19)10(18)16-12)6-3-7(13)9(15)4-8(6)14/h3-4H,5H2,1-2H3,(H,16,18). The number of rotatable bonds is 1. The summed E-state index contributed by atoms with van der Waals surface area (Å²) in [5.41, 5.74) is -0.978. The lowest BCUT2D eigenvalue weighted by Crippen LogP contribution is -2.61. The third-order valence-electron chi connectivity index (χ3n) is 3.09. The van der Waals surface area contributed by atoms with E-state index in [4.69, 9.17) is 0 Å². The van der Waals surface area contributed by atoms with Gasteiger partial charge in [-0.15, -0.1) is 0 Å². The molecule has 2 rings (SSSR count). The molecular formula is C12H11BrF2N2O2. The number of hydrogen-bond donors (Lipinski definition) is 1. The van der Waals surface area contributed by atoms with Crippen molar-refractivity contribution >= 4 is 27.7 Å². The molecule has 19 heavy (non-hydrogen) atoms. The van der Waals surface area contributed by atoms with E-state index in [9.17, 15) is 18.4 Å². The normalized spacial score (nSPS) is 23.5. The Morgan fingerprint density at radius 1 is 1.32 bits per heavy atom. The maximum atomic E-state index is 13.9. The van der Waals surface area contributed by atoms with Gasteiger partial charge in [0.15, 0.2) is 0 Å². The fourth-order valence-electron chi connectivity index (χ4n) is 2.16. The van der Waals surface area contributed by atoms with Crippen molar-refractivity contribution in [1.82, 2.24) is 10.2 Å². The molecule has 1 atom stereocenters. The van der Waals surface area contributed by atoms with Crippen LogP contribution in [0.5, 0.6) is 0 Å². The molecule has 0 aliphatic carbocycles. The van der Waals surface area contributed by atoms with Crippen molar-refractivity contribution < 1.29 is 18.4 Å². The van der Waals surface area contributed by atoms with Crippen LogP contribution in [-0.2, 0) is 15.1 Å². The monoisotopic (exact) mass is 332 g/mol. The Kier molecular flexibility index (Phi) is 3.34. The van der Waals surface area contributed by atoms with Crippen LogP contribution in [0, 0.1) is 11.6 Å². The number of likely N-dealkylation sites (N-methyl/N-ethyl adjacent to an activating group) is 1. The first kappa shape index (κ1) is 13.9. The average molecular weight is 333 g/mol. The summed E-state index contributed by atoms with van der Waals surface area (Å²) in [7, 11) is 1.45. The van der Waals surface area contributed by atoms with Gasteiger partial charge >= 0.3 is 11.8 Å². The lowest BCUT2D eigenvalue weighted by atomic mass is 9.89. The van der Waals surface area contributed by atoms with Crippen LogP contribution in [0.1, 0.15) is 12.5 Å². The molecule has 1 N–H and O–H groups in total. The SMILES string of the molecule is CN1CC(C)(c2cc(Br)c(F)cc2F)NC(=O)C1=O. The van der Waals surface area contributed by atoms with Crippen molar-refractivity contribution in [3.05, 3.63) is 33.8 Å². The second kappa shape index (κ2) is 4.56. The van der Waals surface area contributed by atoms with Gasteiger partial charge in [-0.25, -0.2) is 8.78 Å². The van der Waals surface area contributed by atoms with Gasteiger partial charge in [0, 0.05) is 25.2 Å². The molecule has 102 valence electrons. The van der Waals surface area contributed by atoms with Crippen molar-refractivity contribution in [2.45, 2.75) is 12.5 Å². The highest BCUT2D eigenvalue weighted by molar-refractivity contribution is 9.10. The first-order valence-electron chi connectivity index (χ1n) is 5.47. The molecule has 1 unspecified atom stereocenters. The predicted molar refractivity (Wildman–Crippen MR) is 67.2 cm³/mol. The maximum Gasteiger partial charge on any atom is 0.311 e. The highest BCUT2D eigenvalue weighted by atomic mass is 79.9. The maximum absolute atomic E-state index is 13.9. The van der Waals surface area contributed by atoms with Crippen LogP contribution in [0.25, 0.3) is 0 Å². The van der Waals surface area contributed by atoms with Crippen molar-refractivity contribution in [2.75, 3.05) is 13.6 Å². The largest absolute Gasteiger partial charge is 0.337 e. The number of nitrogens with one attached hydrogen (secondary N) is 1. The number of benzene rings is 1. The van der Waals surface area contributed by atoms with E-state index in [1.807, 2.05) is 0 Å². The number of amides is 2. The third kappa shape index (κ3) is 2.34. The molecular weight excluding hydrogens is 322 g/mol. The van der Waals surface area contributed by atoms with Gasteiger partial charge in [0.2, 0.25) is 0 Å². The average Bonchev–Trinajstić information content (AvgIpc) is 2.30. The van der Waals surface area contributed by atoms with Crippen molar-refractivity contribution in [1.29, 1.82) is 0 Å². The first-order chi connectivity index (χ1) is 8.74. The zero-order valence-corrected chi connectivity index (χ0v) is 11.8. The molecule has 0 spiro atoms. The smallest absolute Gasteiger partial charge is 0.311 e. The van der Waals surface area contributed by atoms with Gasteiger partial charge < -0.3 is 10.2 Å². The van der Waals surface area contributed by atoms with Crippen molar-refractivity contribution in [2.24, 2.45) is 0 Å². The number of piperazine rings is 1. The van der Waals surface area contributed by atoms with E-state index in [-0.39, 0.29) is 16.6 Å². The molecule has 2 amide bonds. The Balaban J connectivity index is 2.48. The van der Waals surface area contributed by atoms with E-state index in [2.05, 4.69) is 21.2 Å². The minimum atomic E-state index is -1.10. The van der Waals surface area contributed by atoms with Crippen LogP contribution in [0.4, 0.5) is 8.78 Å². The summed E-state index contributed by atoms with van der Waals surface area (Å²) >= 11 is 2.98. The molecule has 1 heterocycles. The predicted octanol–water partition coefficient (Wildman–Crippen LogP) is 1.53. The van der Waals surface area contributed by atoms with E-state index in [0.29, 0.717) is 0 Å². The zero-order valence-electron chi connectivity index (χ0n) is 10.3. The van der Waals surface area contributed by atoms with Crippen LogP contribution < -0.4 is 5.32 Å². The van der Waals surface area contributed by atoms with E-state index < -0.39 is 29.0 Å². The zero-order chi connectivity index (χ0) is 14.4. The van der Waals surface area contributed by atoms with Gasteiger partial charge in [0.25, 0.3) is 0 Å². The van der Waals surface area contributed by atoms with Crippen LogP contribution in [0.3, 0.4) is 0 Å². The summed E-state index contributed by atoms with van der Waals surface area (Å²) in [4.78, 5) is 24.2. The van der Waals surface area contributed by atoms with Crippen LogP contribution in [-0.4, -0.2) is 30.3 Å². The fourth-order valence-corrected chi connectivity index (χ4v) is 2.50. The number of hydrogen-bond acceptors (Lipinski definition) is 2. The highest BCUT2D eigenvalue weighted by Crippen LogP contribution is 2.30. The van der Waals surface area contributed by atoms with Gasteiger partial charge in [-0.2, -0.15) is 0 Å². The summed E-state index contributed by atoms with van der Waals surface area (Å²) in [6.45, 7) is 1.68. The fraction of sp³-hybridized carbons (Fsp3) is 0.333. The van der Waals surface area contributed by atoms with Gasteiger partial charge in [-0.05, 0) is 28.9 Å². The molecule has 1 fully saturated rings. The molecule has 0 radical (unpaired) electrons. The van der Waals surface area contributed by atoms with Crippen LogP contribution in [0.2, 0.25) is 0 Å². The molecule has 1 aromatic rings. The molecule has 1 aliphatic heterocycles. The third-order valence-corrected chi connectivity index (χ3v) is 3.70. The van der Waals surface area contributed by atoms with E-state index in [1.54, 1.807) is 6.92 Å². The number of carbonyl (C=O) groups excluding carboxylic acids is 2. The van der Waals surface area contributed by atoms with Crippen molar-refractivity contribution in [3.63, 3.8) is 0 Å². The second-order valence-corrected chi connectivity index (χ2v) is 5.55. The second-order valence-electron chi connectivity index (χ2n) is 4.69. The molecule has 1 aromatic carbocycles. The van der Waals surface area contributed by atoms with Crippen molar-refractivity contribution in [3.8, 4) is 0 Å². The number of nitrogens with zero attached hydrogens (tertiary/aromatic N) is 1. The number of carbonyl (C=O) groups is 2. The molecule has 1 saturated heterocycles. The molecule has 0 saturated carbocycles. The highest BCUT2D eigenvalue weighted by Gasteiger charge is 2.41. The summed E-state index contributed by atoms with van der Waals surface area (Å²) in [6.07, 6.45) is 0. The van der Waals surface area contributed by atoms with E-state index in [0.717, 1.165) is 6.07 Å². The van der Waals surface area contributed by atoms with Gasteiger partial charge in [-0.1, -0.05) is 0 Å². The Morgan fingerprint density at radius 3 is 2.53 bits per heavy atom. The van der Waals surface area contributed by atoms with Gasteiger partial charge in [0.05, 0.1) is 10.0 Å². The summed E-state index contributed by atoms with van der Waals surface area (Å²) < 4.78 is 27.2. The van der Waals surface area contributed by atoms with Gasteiger partial charge in [-0.3, -0.25) is 9.59 Å². The summed E-state index contributed by atoms with van der Waals surface area (Å²) in [5, 5.41) is 2.46. The van der Waals surface area contributed by atoms with E-state index >= 15 is 0 Å². The first-order valence-corrected chi connectivity index (χ1v) is 6.26. The lowest BCUT2D eigenvalue weighted by Gasteiger charge is -2.39. The Morgan fingerprint density at radius 2 is 1.95 bits per heavy atom. The van der Waals surface area contributed by atoms with Gasteiger partial charge in [0.1, 0.15) is 11.6 Å². The molecule has 4 nitrogen and oxygen atoms in total. The summed E-state index contributed by atoms with van der Waals surface area (Å²) in [6, 6.07) is 2.02. The van der Waals surface area contributed by atoms with Crippen LogP contribution >= 0.6 is 15.9 Å². The van der Waals surface area contributed by atoms with Crippen LogP contribution in [0.15, 0.2) is 16.6 Å². The Bertz CT molecular complexity index is 579. The Labute approximate surface area is 116 Å². The molecule has 1 aliphatic rings. The minimum Gasteiger partial charge on any atom is -0.337 e. The molecule has 7 heteroatoms. The quantitative estimate of drug-likeness (QED) is 0.626.